The van der Waals surface area contributed by atoms with Crippen molar-refractivity contribution >= 4 is 11.6 Å². The van der Waals surface area contributed by atoms with Gasteiger partial charge in [0.2, 0.25) is 0 Å². The maximum atomic E-state index is 5.40. The molecule has 94 valence electrons. The van der Waals surface area contributed by atoms with Crippen LogP contribution in [0.3, 0.4) is 0 Å². The van der Waals surface area contributed by atoms with Crippen LogP contribution in [0.15, 0.2) is 6.07 Å². The van der Waals surface area contributed by atoms with E-state index in [2.05, 4.69) is 32.2 Å². The molecular formula is C11H20N6. The van der Waals surface area contributed by atoms with Crippen LogP contribution in [0.5, 0.6) is 0 Å². The number of anilines is 2. The van der Waals surface area contributed by atoms with Gasteiger partial charge in [0.15, 0.2) is 0 Å². The molecule has 0 radical (unpaired) electrons. The van der Waals surface area contributed by atoms with Crippen molar-refractivity contribution in [2.75, 3.05) is 43.6 Å². The zero-order chi connectivity index (χ0) is 12.3. The van der Waals surface area contributed by atoms with Crippen molar-refractivity contribution in [3.05, 3.63) is 11.9 Å². The molecule has 0 bridgehead atoms. The Kier molecular flexibility index (Phi) is 3.75. The molecule has 0 atom stereocenters. The molecule has 0 amide bonds. The Morgan fingerprint density at radius 3 is 2.82 bits per heavy atom. The number of hydrogen-bond donors (Lipinski definition) is 2. The maximum absolute atomic E-state index is 5.40. The van der Waals surface area contributed by atoms with Crippen molar-refractivity contribution in [2.45, 2.75) is 13.3 Å². The third-order valence-electron chi connectivity index (χ3n) is 3.02. The van der Waals surface area contributed by atoms with Crippen molar-refractivity contribution in [1.29, 1.82) is 0 Å². The minimum absolute atomic E-state index is 0.671. The van der Waals surface area contributed by atoms with E-state index < -0.39 is 0 Å². The van der Waals surface area contributed by atoms with Gasteiger partial charge in [-0.15, -0.1) is 0 Å². The van der Waals surface area contributed by atoms with Gasteiger partial charge in [0.25, 0.3) is 0 Å². The molecule has 1 aliphatic heterocycles. The molecule has 3 N–H and O–H groups in total. The lowest BCUT2D eigenvalue weighted by Gasteiger charge is -2.22. The van der Waals surface area contributed by atoms with E-state index in [4.69, 9.17) is 5.84 Å². The van der Waals surface area contributed by atoms with Gasteiger partial charge in [-0.3, -0.25) is 0 Å². The second-order valence-corrected chi connectivity index (χ2v) is 4.45. The molecule has 0 aliphatic carbocycles. The number of nitrogens with zero attached hydrogens (tertiary/aromatic N) is 4. The third kappa shape index (κ3) is 3.04. The summed E-state index contributed by atoms with van der Waals surface area (Å²) in [5.74, 6) is 7.78. The van der Waals surface area contributed by atoms with Crippen LogP contribution < -0.4 is 16.2 Å². The number of hydrogen-bond acceptors (Lipinski definition) is 6. The first-order valence-electron chi connectivity index (χ1n) is 5.95. The standard InChI is InChI=1S/C11H20N6/c1-9-13-10(15-12)8-11(14-9)17-5-3-4-16(2)6-7-17/h8H,3-7,12H2,1-2H3,(H,13,14,15). The Hall–Kier alpha value is -1.40. The second-order valence-electron chi connectivity index (χ2n) is 4.45. The van der Waals surface area contributed by atoms with E-state index in [-0.39, 0.29) is 0 Å². The van der Waals surface area contributed by atoms with Crippen molar-refractivity contribution in [3.8, 4) is 0 Å². The molecule has 6 nitrogen and oxygen atoms in total. The summed E-state index contributed by atoms with van der Waals surface area (Å²) in [5, 5.41) is 0. The fourth-order valence-electron chi connectivity index (χ4n) is 2.06. The summed E-state index contributed by atoms with van der Waals surface area (Å²) in [6.07, 6.45) is 1.16. The van der Waals surface area contributed by atoms with Crippen LogP contribution in [0.25, 0.3) is 0 Å². The summed E-state index contributed by atoms with van der Waals surface area (Å²) in [6, 6.07) is 1.90. The Morgan fingerprint density at radius 2 is 2.06 bits per heavy atom. The fraction of sp³-hybridized carbons (Fsp3) is 0.636. The number of nitrogens with one attached hydrogen (secondary N) is 1. The Morgan fingerprint density at radius 1 is 1.24 bits per heavy atom. The van der Waals surface area contributed by atoms with Gasteiger partial charge in [0.05, 0.1) is 0 Å². The van der Waals surface area contributed by atoms with Gasteiger partial charge in [0, 0.05) is 25.7 Å². The van der Waals surface area contributed by atoms with Gasteiger partial charge in [-0.25, -0.2) is 15.8 Å². The number of hydrazine groups is 1. The largest absolute Gasteiger partial charge is 0.355 e. The Balaban J connectivity index is 2.17. The number of likely N-dealkylation sites (N-methyl/N-ethyl adjacent to an activating group) is 1. The molecule has 0 unspecified atom stereocenters. The zero-order valence-corrected chi connectivity index (χ0v) is 10.5. The summed E-state index contributed by atoms with van der Waals surface area (Å²) >= 11 is 0. The summed E-state index contributed by atoms with van der Waals surface area (Å²) in [6.45, 7) is 6.12. The lowest BCUT2D eigenvalue weighted by atomic mass is 10.3. The van der Waals surface area contributed by atoms with Crippen molar-refractivity contribution in [1.82, 2.24) is 14.9 Å². The van der Waals surface area contributed by atoms with Crippen LogP contribution in [-0.4, -0.2) is 48.1 Å². The van der Waals surface area contributed by atoms with Gasteiger partial charge in [-0.2, -0.15) is 0 Å². The minimum atomic E-state index is 0.671. The molecule has 1 saturated heterocycles. The van der Waals surface area contributed by atoms with Gasteiger partial charge in [-0.05, 0) is 26.9 Å². The molecule has 1 aliphatic rings. The normalized spacial score (nSPS) is 17.9. The molecular weight excluding hydrogens is 216 g/mol. The average molecular weight is 236 g/mol. The molecule has 0 saturated carbocycles. The minimum Gasteiger partial charge on any atom is -0.355 e. The van der Waals surface area contributed by atoms with Crippen molar-refractivity contribution in [3.63, 3.8) is 0 Å². The molecule has 0 spiro atoms. The van der Waals surface area contributed by atoms with Gasteiger partial charge >= 0.3 is 0 Å². The van der Waals surface area contributed by atoms with Crippen molar-refractivity contribution < 1.29 is 0 Å². The third-order valence-corrected chi connectivity index (χ3v) is 3.02. The predicted octanol–water partition coefficient (Wildman–Crippen LogP) is 0.213. The monoisotopic (exact) mass is 236 g/mol. The predicted molar refractivity (Wildman–Crippen MR) is 68.9 cm³/mol. The van der Waals surface area contributed by atoms with E-state index >= 15 is 0 Å². The first-order valence-corrected chi connectivity index (χ1v) is 5.95. The second kappa shape index (κ2) is 5.29. The van der Waals surface area contributed by atoms with Crippen LogP contribution in [0.2, 0.25) is 0 Å². The van der Waals surface area contributed by atoms with E-state index in [0.29, 0.717) is 5.82 Å². The van der Waals surface area contributed by atoms with Crippen LogP contribution >= 0.6 is 0 Å². The highest BCUT2D eigenvalue weighted by Crippen LogP contribution is 2.16. The number of aromatic nitrogens is 2. The quantitative estimate of drug-likeness (QED) is 0.565. The number of nitrogens with two attached hydrogens (primary N) is 1. The van der Waals surface area contributed by atoms with E-state index in [0.717, 1.165) is 44.2 Å². The summed E-state index contributed by atoms with van der Waals surface area (Å²) in [4.78, 5) is 13.3. The molecule has 2 rings (SSSR count). The molecule has 17 heavy (non-hydrogen) atoms. The average Bonchev–Trinajstić information content (AvgIpc) is 2.53. The molecule has 1 aromatic rings. The summed E-state index contributed by atoms with van der Waals surface area (Å²) < 4.78 is 0. The lowest BCUT2D eigenvalue weighted by Crippen LogP contribution is -2.29. The van der Waals surface area contributed by atoms with E-state index in [9.17, 15) is 0 Å². The molecule has 2 heterocycles. The van der Waals surface area contributed by atoms with Crippen molar-refractivity contribution in [2.24, 2.45) is 5.84 Å². The zero-order valence-electron chi connectivity index (χ0n) is 10.5. The van der Waals surface area contributed by atoms with Gasteiger partial charge in [0.1, 0.15) is 17.5 Å². The Labute approximate surface area is 102 Å². The first-order chi connectivity index (χ1) is 8.19. The number of rotatable bonds is 2. The highest BCUT2D eigenvalue weighted by Gasteiger charge is 2.14. The summed E-state index contributed by atoms with van der Waals surface area (Å²) in [5.41, 5.74) is 2.58. The van der Waals surface area contributed by atoms with Crippen LogP contribution in [0, 0.1) is 6.92 Å². The van der Waals surface area contributed by atoms with E-state index in [1.165, 1.54) is 0 Å². The molecule has 1 fully saturated rings. The molecule has 1 aromatic heterocycles. The topological polar surface area (TPSA) is 70.3 Å². The number of aryl methyl sites for hydroxylation is 1. The van der Waals surface area contributed by atoms with Crippen LogP contribution in [0.4, 0.5) is 11.6 Å². The maximum Gasteiger partial charge on any atom is 0.145 e. The van der Waals surface area contributed by atoms with Crippen LogP contribution in [-0.2, 0) is 0 Å². The van der Waals surface area contributed by atoms with E-state index in [1.54, 1.807) is 0 Å². The fourth-order valence-corrected chi connectivity index (χ4v) is 2.06. The molecule has 0 aromatic carbocycles. The summed E-state index contributed by atoms with van der Waals surface area (Å²) in [7, 11) is 2.15. The highest BCUT2D eigenvalue weighted by molar-refractivity contribution is 5.48. The van der Waals surface area contributed by atoms with E-state index in [1.807, 2.05) is 13.0 Å². The Bertz CT molecular complexity index is 380. The van der Waals surface area contributed by atoms with Gasteiger partial charge < -0.3 is 15.2 Å². The lowest BCUT2D eigenvalue weighted by molar-refractivity contribution is 0.360. The van der Waals surface area contributed by atoms with Crippen LogP contribution in [0.1, 0.15) is 12.2 Å². The SMILES string of the molecule is Cc1nc(NN)cc(N2CCCN(C)CC2)n1. The first kappa shape index (κ1) is 12.1. The van der Waals surface area contributed by atoms with Gasteiger partial charge in [-0.1, -0.05) is 0 Å². The highest BCUT2D eigenvalue weighted by atomic mass is 15.3. The smallest absolute Gasteiger partial charge is 0.145 e. The molecule has 6 heteroatoms. The number of nitrogen functional groups attached to an aromatic ring is 1.